The standard InChI is InChI=1S/C14H16N6/c1-19(2)14-11-12(15)20(9-16-13(11)17-18-14)8-10-6-4-3-5-7-10/h3-7,9,15H,8H2,1-2H3,(H,17,18). The maximum atomic E-state index is 8.38. The Morgan fingerprint density at radius 2 is 2.00 bits per heavy atom. The van der Waals surface area contributed by atoms with Crippen molar-refractivity contribution in [1.82, 2.24) is 19.7 Å². The lowest BCUT2D eigenvalue weighted by molar-refractivity contribution is 0.722. The quantitative estimate of drug-likeness (QED) is 0.753. The number of nitrogens with one attached hydrogen (secondary N) is 2. The summed E-state index contributed by atoms with van der Waals surface area (Å²) in [5, 5.41) is 16.2. The molecule has 20 heavy (non-hydrogen) atoms. The highest BCUT2D eigenvalue weighted by molar-refractivity contribution is 5.85. The molecule has 3 aromatic rings. The van der Waals surface area contributed by atoms with E-state index in [-0.39, 0.29) is 0 Å². The lowest BCUT2D eigenvalue weighted by atomic mass is 10.2. The summed E-state index contributed by atoms with van der Waals surface area (Å²) in [5.74, 6) is 0.736. The maximum Gasteiger partial charge on any atom is 0.163 e. The molecule has 2 N–H and O–H groups in total. The summed E-state index contributed by atoms with van der Waals surface area (Å²) in [6.07, 6.45) is 1.68. The third-order valence-corrected chi connectivity index (χ3v) is 3.20. The van der Waals surface area contributed by atoms with Crippen molar-refractivity contribution >= 4 is 16.9 Å². The SMILES string of the molecule is CN(C)c1n[nH]c2ncn(Cc3ccccc3)c(=N)c12. The van der Waals surface area contributed by atoms with Crippen LogP contribution in [0.5, 0.6) is 0 Å². The fourth-order valence-electron chi connectivity index (χ4n) is 2.19. The van der Waals surface area contributed by atoms with E-state index in [1.54, 1.807) is 6.33 Å². The summed E-state index contributed by atoms with van der Waals surface area (Å²) in [6.45, 7) is 0.626. The number of aromatic nitrogens is 4. The second-order valence-corrected chi connectivity index (χ2v) is 4.87. The van der Waals surface area contributed by atoms with Gasteiger partial charge in [0.25, 0.3) is 0 Å². The molecule has 6 nitrogen and oxygen atoms in total. The van der Waals surface area contributed by atoms with Gasteiger partial charge in [0.2, 0.25) is 0 Å². The topological polar surface area (TPSA) is 73.6 Å². The van der Waals surface area contributed by atoms with Gasteiger partial charge in [0, 0.05) is 14.1 Å². The number of rotatable bonds is 3. The molecule has 0 amide bonds. The summed E-state index contributed by atoms with van der Waals surface area (Å²) >= 11 is 0. The number of aromatic amines is 1. The highest BCUT2D eigenvalue weighted by Crippen LogP contribution is 2.16. The first kappa shape index (κ1) is 12.4. The zero-order chi connectivity index (χ0) is 14.1. The lowest BCUT2D eigenvalue weighted by Gasteiger charge is -2.10. The van der Waals surface area contributed by atoms with Crippen LogP contribution in [0.15, 0.2) is 36.7 Å². The van der Waals surface area contributed by atoms with Crippen LogP contribution in [0.2, 0.25) is 0 Å². The molecule has 0 fully saturated rings. The van der Waals surface area contributed by atoms with Crippen LogP contribution in [0.25, 0.3) is 11.0 Å². The molecule has 0 spiro atoms. The van der Waals surface area contributed by atoms with Crippen LogP contribution in [0, 0.1) is 5.41 Å². The average molecular weight is 268 g/mol. The third-order valence-electron chi connectivity index (χ3n) is 3.20. The number of hydrogen-bond donors (Lipinski definition) is 2. The lowest BCUT2D eigenvalue weighted by Crippen LogP contribution is -2.22. The summed E-state index contributed by atoms with van der Waals surface area (Å²) in [6, 6.07) is 10.1. The summed E-state index contributed by atoms with van der Waals surface area (Å²) < 4.78 is 1.82. The summed E-state index contributed by atoms with van der Waals surface area (Å²) in [5.41, 5.74) is 2.20. The molecule has 0 aliphatic heterocycles. The minimum atomic E-state index is 0.413. The van der Waals surface area contributed by atoms with Gasteiger partial charge in [-0.3, -0.25) is 10.5 Å². The Balaban J connectivity index is 2.11. The van der Waals surface area contributed by atoms with Gasteiger partial charge in [-0.15, -0.1) is 0 Å². The van der Waals surface area contributed by atoms with Gasteiger partial charge >= 0.3 is 0 Å². The minimum Gasteiger partial charge on any atom is -0.361 e. The molecule has 0 radical (unpaired) electrons. The van der Waals surface area contributed by atoms with Crippen LogP contribution < -0.4 is 10.4 Å². The molecule has 0 saturated heterocycles. The molecule has 0 aliphatic rings. The van der Waals surface area contributed by atoms with E-state index in [9.17, 15) is 0 Å². The zero-order valence-electron chi connectivity index (χ0n) is 11.5. The maximum absolute atomic E-state index is 8.38. The normalized spacial score (nSPS) is 10.9. The predicted octanol–water partition coefficient (Wildman–Crippen LogP) is 1.35. The van der Waals surface area contributed by atoms with Gasteiger partial charge in [-0.25, -0.2) is 4.98 Å². The molecule has 0 atom stereocenters. The molecule has 102 valence electrons. The van der Waals surface area contributed by atoms with Crippen molar-refractivity contribution in [3.8, 4) is 0 Å². The molecule has 0 saturated carbocycles. The Hall–Kier alpha value is -2.63. The fourth-order valence-corrected chi connectivity index (χ4v) is 2.19. The Morgan fingerprint density at radius 1 is 1.25 bits per heavy atom. The minimum absolute atomic E-state index is 0.413. The number of nitrogens with zero attached hydrogens (tertiary/aromatic N) is 4. The van der Waals surface area contributed by atoms with Crippen LogP contribution in [0.3, 0.4) is 0 Å². The van der Waals surface area contributed by atoms with Crippen LogP contribution >= 0.6 is 0 Å². The molecule has 0 bridgehead atoms. The van der Waals surface area contributed by atoms with Crippen LogP contribution in [-0.2, 0) is 6.54 Å². The van der Waals surface area contributed by atoms with Gasteiger partial charge in [0.15, 0.2) is 11.5 Å². The first-order chi connectivity index (χ1) is 9.66. The van der Waals surface area contributed by atoms with Gasteiger partial charge in [-0.2, -0.15) is 5.10 Å². The molecule has 0 aliphatic carbocycles. The van der Waals surface area contributed by atoms with Crippen LogP contribution in [0.1, 0.15) is 5.56 Å². The Kier molecular flexibility index (Phi) is 2.98. The second kappa shape index (κ2) is 4.80. The Bertz CT molecular complexity index is 784. The molecule has 2 heterocycles. The molecule has 2 aromatic heterocycles. The third kappa shape index (κ3) is 2.05. The highest BCUT2D eigenvalue weighted by Gasteiger charge is 2.12. The molecule has 6 heteroatoms. The van der Waals surface area contributed by atoms with Crippen molar-refractivity contribution in [3.05, 3.63) is 47.7 Å². The summed E-state index contributed by atoms with van der Waals surface area (Å²) in [7, 11) is 3.81. The van der Waals surface area contributed by atoms with Crippen molar-refractivity contribution in [3.63, 3.8) is 0 Å². The van der Waals surface area contributed by atoms with E-state index in [4.69, 9.17) is 5.41 Å². The van der Waals surface area contributed by atoms with E-state index >= 15 is 0 Å². The molecular weight excluding hydrogens is 252 g/mol. The van der Waals surface area contributed by atoms with Crippen molar-refractivity contribution in [2.45, 2.75) is 6.54 Å². The largest absolute Gasteiger partial charge is 0.361 e. The van der Waals surface area contributed by atoms with E-state index in [0.717, 1.165) is 16.8 Å². The zero-order valence-corrected chi connectivity index (χ0v) is 11.5. The van der Waals surface area contributed by atoms with Crippen molar-refractivity contribution < 1.29 is 0 Å². The highest BCUT2D eigenvalue weighted by atomic mass is 15.3. The number of fused-ring (bicyclic) bond motifs is 1. The van der Waals surface area contributed by atoms with Gasteiger partial charge in [0.05, 0.1) is 12.9 Å². The molecule has 1 aromatic carbocycles. The van der Waals surface area contributed by atoms with E-state index in [1.807, 2.05) is 53.9 Å². The van der Waals surface area contributed by atoms with E-state index < -0.39 is 0 Å². The van der Waals surface area contributed by atoms with E-state index in [1.165, 1.54) is 0 Å². The van der Waals surface area contributed by atoms with E-state index in [2.05, 4.69) is 15.2 Å². The average Bonchev–Trinajstić information content (AvgIpc) is 2.88. The molecule has 0 unspecified atom stereocenters. The van der Waals surface area contributed by atoms with Gasteiger partial charge < -0.3 is 9.47 Å². The predicted molar refractivity (Wildman–Crippen MR) is 77.6 cm³/mol. The number of anilines is 1. The van der Waals surface area contributed by atoms with Gasteiger partial charge in [-0.1, -0.05) is 30.3 Å². The van der Waals surface area contributed by atoms with Crippen LogP contribution in [-0.4, -0.2) is 33.8 Å². The number of benzene rings is 1. The first-order valence-electron chi connectivity index (χ1n) is 6.36. The summed E-state index contributed by atoms with van der Waals surface area (Å²) in [4.78, 5) is 6.22. The van der Waals surface area contributed by atoms with Gasteiger partial charge in [-0.05, 0) is 5.56 Å². The molecular formula is C14H16N6. The Morgan fingerprint density at radius 3 is 2.70 bits per heavy atom. The second-order valence-electron chi connectivity index (χ2n) is 4.87. The van der Waals surface area contributed by atoms with Crippen LogP contribution in [0.4, 0.5) is 5.82 Å². The van der Waals surface area contributed by atoms with Crippen molar-refractivity contribution in [1.29, 1.82) is 5.41 Å². The monoisotopic (exact) mass is 268 g/mol. The first-order valence-corrected chi connectivity index (χ1v) is 6.36. The fraction of sp³-hybridized carbons (Fsp3) is 0.214. The van der Waals surface area contributed by atoms with E-state index in [0.29, 0.717) is 17.7 Å². The Labute approximate surface area is 116 Å². The van der Waals surface area contributed by atoms with Crippen molar-refractivity contribution in [2.24, 2.45) is 0 Å². The number of H-pyrrole nitrogens is 1. The van der Waals surface area contributed by atoms with Crippen molar-refractivity contribution in [2.75, 3.05) is 19.0 Å². The smallest absolute Gasteiger partial charge is 0.163 e. The van der Waals surface area contributed by atoms with Gasteiger partial charge in [0.1, 0.15) is 10.9 Å². The number of hydrogen-bond acceptors (Lipinski definition) is 4. The molecule has 3 rings (SSSR count).